The Morgan fingerprint density at radius 3 is 2.50 bits per heavy atom. The Morgan fingerprint density at radius 1 is 1.25 bits per heavy atom. The number of aromatic carboxylic acids is 1. The molecule has 0 bridgehead atoms. The Balaban J connectivity index is 1.82. The van der Waals surface area contributed by atoms with Crippen LogP contribution in [0.3, 0.4) is 0 Å². The number of carboxylic acids is 1. The molecule has 1 saturated carbocycles. The highest BCUT2D eigenvalue weighted by atomic mass is 32.1. The summed E-state index contributed by atoms with van der Waals surface area (Å²) >= 11 is 1.27. The van der Waals surface area contributed by atoms with Crippen LogP contribution in [-0.2, 0) is 11.3 Å². The molecule has 1 aliphatic carbocycles. The van der Waals surface area contributed by atoms with E-state index in [2.05, 4.69) is 10.3 Å². The SMILES string of the molecule is O=C(O)c1csc(CNC(=O)C2CCCCCCC2)n1. The summed E-state index contributed by atoms with van der Waals surface area (Å²) in [7, 11) is 0. The van der Waals surface area contributed by atoms with Crippen LogP contribution in [0.15, 0.2) is 5.38 Å². The number of rotatable bonds is 4. The monoisotopic (exact) mass is 296 g/mol. The van der Waals surface area contributed by atoms with Gasteiger partial charge in [-0.3, -0.25) is 4.79 Å². The molecule has 0 aliphatic heterocycles. The molecule has 1 aliphatic rings. The second-order valence-electron chi connectivity index (χ2n) is 5.19. The summed E-state index contributed by atoms with van der Waals surface area (Å²) in [6, 6.07) is 0. The number of carbonyl (C=O) groups is 2. The van der Waals surface area contributed by atoms with E-state index in [1.165, 1.54) is 36.0 Å². The number of aromatic nitrogens is 1. The Labute approximate surface area is 122 Å². The minimum absolute atomic E-state index is 0.0465. The van der Waals surface area contributed by atoms with Crippen molar-refractivity contribution in [2.75, 3.05) is 0 Å². The third-order valence-corrected chi connectivity index (χ3v) is 4.51. The highest BCUT2D eigenvalue weighted by molar-refractivity contribution is 7.09. The number of carboxylic acid groups (broad SMARTS) is 1. The van der Waals surface area contributed by atoms with Crippen LogP contribution in [0.2, 0.25) is 0 Å². The predicted octanol–water partition coefficient (Wildman–Crippen LogP) is 2.82. The smallest absolute Gasteiger partial charge is 0.355 e. The normalized spacial score (nSPS) is 17.2. The van der Waals surface area contributed by atoms with Gasteiger partial charge in [-0.05, 0) is 12.8 Å². The molecule has 0 aromatic carbocycles. The zero-order valence-electron chi connectivity index (χ0n) is 11.4. The molecule has 110 valence electrons. The summed E-state index contributed by atoms with van der Waals surface area (Å²) in [5.74, 6) is -0.841. The van der Waals surface area contributed by atoms with Crippen molar-refractivity contribution in [3.05, 3.63) is 16.1 Å². The summed E-state index contributed by atoms with van der Waals surface area (Å²) in [4.78, 5) is 26.8. The van der Waals surface area contributed by atoms with Gasteiger partial charge in [0, 0.05) is 11.3 Å². The van der Waals surface area contributed by atoms with Crippen LogP contribution in [0.25, 0.3) is 0 Å². The topological polar surface area (TPSA) is 79.3 Å². The van der Waals surface area contributed by atoms with Gasteiger partial charge in [-0.15, -0.1) is 11.3 Å². The number of hydrogen-bond acceptors (Lipinski definition) is 4. The number of nitrogens with one attached hydrogen (secondary N) is 1. The van der Waals surface area contributed by atoms with E-state index in [0.717, 1.165) is 25.7 Å². The molecule has 1 amide bonds. The fraction of sp³-hybridized carbons (Fsp3) is 0.643. The number of thiazole rings is 1. The Kier molecular flexibility index (Phi) is 5.52. The molecule has 0 unspecified atom stereocenters. The van der Waals surface area contributed by atoms with Crippen LogP contribution in [0.5, 0.6) is 0 Å². The van der Waals surface area contributed by atoms with Crippen molar-refractivity contribution >= 4 is 23.2 Å². The summed E-state index contributed by atoms with van der Waals surface area (Å²) in [6.07, 6.45) is 7.90. The van der Waals surface area contributed by atoms with E-state index in [4.69, 9.17) is 5.11 Å². The summed E-state index contributed by atoms with van der Waals surface area (Å²) in [6.45, 7) is 0.327. The lowest BCUT2D eigenvalue weighted by Crippen LogP contribution is -2.30. The van der Waals surface area contributed by atoms with Crippen LogP contribution in [0.4, 0.5) is 0 Å². The van der Waals surface area contributed by atoms with Gasteiger partial charge in [-0.1, -0.05) is 32.1 Å². The predicted molar refractivity (Wildman–Crippen MR) is 76.7 cm³/mol. The average molecular weight is 296 g/mol. The molecule has 1 fully saturated rings. The van der Waals surface area contributed by atoms with Gasteiger partial charge in [-0.25, -0.2) is 9.78 Å². The van der Waals surface area contributed by atoms with E-state index < -0.39 is 5.97 Å². The third kappa shape index (κ3) is 4.30. The summed E-state index contributed by atoms with van der Waals surface area (Å²) in [5.41, 5.74) is 0.0465. The van der Waals surface area contributed by atoms with Crippen molar-refractivity contribution in [1.29, 1.82) is 0 Å². The fourth-order valence-corrected chi connectivity index (χ4v) is 3.22. The average Bonchev–Trinajstić information content (AvgIpc) is 2.84. The molecule has 0 spiro atoms. The van der Waals surface area contributed by atoms with Crippen molar-refractivity contribution in [2.45, 2.75) is 51.5 Å². The first-order valence-electron chi connectivity index (χ1n) is 7.12. The third-order valence-electron chi connectivity index (χ3n) is 3.66. The molecule has 0 atom stereocenters. The van der Waals surface area contributed by atoms with Crippen LogP contribution in [0, 0.1) is 5.92 Å². The standard InChI is InChI=1S/C14H20N2O3S/c17-13(10-6-4-2-1-3-5-7-10)15-8-12-16-11(9-20-12)14(18)19/h9-10H,1-8H2,(H,15,17)(H,18,19). The lowest BCUT2D eigenvalue weighted by Gasteiger charge is -2.18. The second-order valence-corrected chi connectivity index (χ2v) is 6.13. The Morgan fingerprint density at radius 2 is 1.90 bits per heavy atom. The summed E-state index contributed by atoms with van der Waals surface area (Å²) in [5, 5.41) is 13.8. The first-order valence-corrected chi connectivity index (χ1v) is 8.00. The lowest BCUT2D eigenvalue weighted by molar-refractivity contribution is -0.125. The van der Waals surface area contributed by atoms with E-state index in [1.54, 1.807) is 0 Å². The molecule has 6 heteroatoms. The van der Waals surface area contributed by atoms with E-state index in [9.17, 15) is 9.59 Å². The van der Waals surface area contributed by atoms with E-state index in [-0.39, 0.29) is 17.5 Å². The van der Waals surface area contributed by atoms with E-state index in [1.807, 2.05) is 0 Å². The van der Waals surface area contributed by atoms with Crippen molar-refractivity contribution in [3.63, 3.8) is 0 Å². The fourth-order valence-electron chi connectivity index (χ4n) is 2.52. The van der Waals surface area contributed by atoms with Crippen molar-refractivity contribution in [1.82, 2.24) is 10.3 Å². The van der Waals surface area contributed by atoms with Crippen LogP contribution in [-0.4, -0.2) is 22.0 Å². The number of nitrogens with zero attached hydrogens (tertiary/aromatic N) is 1. The molecule has 1 aromatic rings. The maximum Gasteiger partial charge on any atom is 0.355 e. The molecule has 0 radical (unpaired) electrons. The Bertz CT molecular complexity index is 465. The van der Waals surface area contributed by atoms with E-state index >= 15 is 0 Å². The molecule has 20 heavy (non-hydrogen) atoms. The number of carbonyl (C=O) groups excluding carboxylic acids is 1. The van der Waals surface area contributed by atoms with Gasteiger partial charge in [0.25, 0.3) is 0 Å². The highest BCUT2D eigenvalue weighted by Gasteiger charge is 2.19. The zero-order valence-corrected chi connectivity index (χ0v) is 12.2. The number of amides is 1. The largest absolute Gasteiger partial charge is 0.476 e. The molecule has 2 N–H and O–H groups in total. The molecular formula is C14H20N2O3S. The molecule has 2 rings (SSSR count). The van der Waals surface area contributed by atoms with Gasteiger partial charge in [0.2, 0.25) is 5.91 Å². The van der Waals surface area contributed by atoms with Crippen molar-refractivity contribution in [2.24, 2.45) is 5.92 Å². The molecule has 0 saturated heterocycles. The van der Waals surface area contributed by atoms with Crippen LogP contribution in [0.1, 0.15) is 60.4 Å². The lowest BCUT2D eigenvalue weighted by atomic mass is 9.90. The zero-order chi connectivity index (χ0) is 14.4. The maximum atomic E-state index is 12.1. The molecule has 1 aromatic heterocycles. The quantitative estimate of drug-likeness (QED) is 0.895. The van der Waals surface area contributed by atoms with Crippen LogP contribution < -0.4 is 5.32 Å². The first kappa shape index (κ1) is 15.0. The second kappa shape index (κ2) is 7.38. The number of hydrogen-bond donors (Lipinski definition) is 2. The van der Waals surface area contributed by atoms with Gasteiger partial charge in [-0.2, -0.15) is 0 Å². The summed E-state index contributed by atoms with van der Waals surface area (Å²) < 4.78 is 0. The van der Waals surface area contributed by atoms with Gasteiger partial charge in [0.1, 0.15) is 5.01 Å². The van der Waals surface area contributed by atoms with Gasteiger partial charge in [0.15, 0.2) is 5.69 Å². The Hall–Kier alpha value is -1.43. The minimum Gasteiger partial charge on any atom is -0.476 e. The molecular weight excluding hydrogens is 276 g/mol. The highest BCUT2D eigenvalue weighted by Crippen LogP contribution is 2.22. The molecule has 5 nitrogen and oxygen atoms in total. The van der Waals surface area contributed by atoms with Gasteiger partial charge < -0.3 is 10.4 Å². The minimum atomic E-state index is -1.03. The van der Waals surface area contributed by atoms with E-state index in [0.29, 0.717) is 11.6 Å². The van der Waals surface area contributed by atoms with Crippen molar-refractivity contribution in [3.8, 4) is 0 Å². The maximum absolute atomic E-state index is 12.1. The van der Waals surface area contributed by atoms with Crippen LogP contribution >= 0.6 is 11.3 Å². The first-order chi connectivity index (χ1) is 9.66. The van der Waals surface area contributed by atoms with Gasteiger partial charge in [0.05, 0.1) is 6.54 Å². The van der Waals surface area contributed by atoms with Gasteiger partial charge >= 0.3 is 5.97 Å². The molecule has 1 heterocycles. The van der Waals surface area contributed by atoms with Crippen molar-refractivity contribution < 1.29 is 14.7 Å².